The van der Waals surface area contributed by atoms with E-state index in [0.717, 1.165) is 0 Å². The molecule has 4 aromatic carbocycles. The van der Waals surface area contributed by atoms with Crippen molar-refractivity contribution in [2.75, 3.05) is 0 Å². The number of rotatable bonds is 10. The Morgan fingerprint density at radius 2 is 0.932 bits per heavy atom. The van der Waals surface area contributed by atoms with Crippen LogP contribution in [0, 0.1) is 0 Å². The van der Waals surface area contributed by atoms with Crippen LogP contribution in [0.25, 0.3) is 34.4 Å². The fourth-order valence-corrected chi connectivity index (χ4v) is 36.9. The Bertz CT molecular complexity index is 1610. The van der Waals surface area contributed by atoms with E-state index >= 15 is 0 Å². The zero-order valence-corrected chi connectivity index (χ0v) is 33.5. The maximum atomic E-state index is 2.82. The summed E-state index contributed by atoms with van der Waals surface area (Å²) in [5.41, 5.74) is 15.1. The molecule has 2 aliphatic carbocycles. The second-order valence-corrected chi connectivity index (χ2v) is 57.3. The molecule has 0 saturated carbocycles. The monoisotopic (exact) mass is 806 g/mol. The van der Waals surface area contributed by atoms with E-state index in [4.69, 9.17) is 0 Å². The summed E-state index contributed by atoms with van der Waals surface area (Å²) in [7, 11) is 0. The molecule has 4 aromatic rings. The van der Waals surface area contributed by atoms with Gasteiger partial charge in [0, 0.05) is 0 Å². The third-order valence-corrected chi connectivity index (χ3v) is 35.2. The summed E-state index contributed by atoms with van der Waals surface area (Å²) in [5, 5.41) is 0. The topological polar surface area (TPSA) is 0 Å². The van der Waals surface area contributed by atoms with Crippen LogP contribution in [0.4, 0.5) is 0 Å². The molecule has 2 unspecified atom stereocenters. The first-order chi connectivity index (χ1) is 20.3. The van der Waals surface area contributed by atoms with Crippen molar-refractivity contribution in [1.82, 2.24) is 0 Å². The molecular formula is C40H48Cl2HfSi. The van der Waals surface area contributed by atoms with Gasteiger partial charge in [0.15, 0.2) is 0 Å². The van der Waals surface area contributed by atoms with Gasteiger partial charge in [-0.25, -0.2) is 0 Å². The molecule has 0 fully saturated rings. The van der Waals surface area contributed by atoms with E-state index in [1.54, 1.807) is 22.3 Å². The predicted molar refractivity (Wildman–Crippen MR) is 199 cm³/mol. The van der Waals surface area contributed by atoms with Crippen LogP contribution in [-0.4, -0.2) is 6.94 Å². The van der Waals surface area contributed by atoms with Gasteiger partial charge in [0.05, 0.1) is 0 Å². The van der Waals surface area contributed by atoms with Crippen LogP contribution in [0.3, 0.4) is 0 Å². The van der Waals surface area contributed by atoms with E-state index in [-0.39, 0.29) is 24.8 Å². The van der Waals surface area contributed by atoms with Crippen molar-refractivity contribution >= 4 is 43.9 Å². The van der Waals surface area contributed by atoms with Gasteiger partial charge in [-0.1, -0.05) is 0 Å². The first kappa shape index (κ1) is 34.9. The quantitative estimate of drug-likeness (QED) is 0.140. The number of hydrogen-bond acceptors (Lipinski definition) is 0. The van der Waals surface area contributed by atoms with Crippen molar-refractivity contribution in [2.24, 2.45) is 0 Å². The van der Waals surface area contributed by atoms with Crippen LogP contribution < -0.4 is 0 Å². The minimum atomic E-state index is -3.79. The molecule has 0 radical (unpaired) electrons. The normalized spacial score (nSPS) is 17.1. The fourth-order valence-electron chi connectivity index (χ4n) is 8.27. The van der Waals surface area contributed by atoms with Crippen molar-refractivity contribution in [2.45, 2.75) is 69.1 Å². The summed E-state index contributed by atoms with van der Waals surface area (Å²) in [4.78, 5) is 0. The van der Waals surface area contributed by atoms with Gasteiger partial charge in [0.1, 0.15) is 0 Å². The molecular weight excluding hydrogens is 758 g/mol. The predicted octanol–water partition coefficient (Wildman–Crippen LogP) is 12.2. The molecule has 0 bridgehead atoms. The van der Waals surface area contributed by atoms with Gasteiger partial charge in [0.25, 0.3) is 0 Å². The minimum absolute atomic E-state index is 0. The summed E-state index contributed by atoms with van der Waals surface area (Å²) in [6, 6.07) is 36.5. The zero-order valence-electron chi connectivity index (χ0n) is 26.8. The zero-order chi connectivity index (χ0) is 29.3. The molecule has 2 atom stereocenters. The van der Waals surface area contributed by atoms with Crippen molar-refractivity contribution in [3.05, 3.63) is 130 Å². The first-order valence-electron chi connectivity index (χ1n) is 16.2. The molecule has 44 heavy (non-hydrogen) atoms. The third kappa shape index (κ3) is 6.34. The van der Waals surface area contributed by atoms with Crippen molar-refractivity contribution in [3.63, 3.8) is 0 Å². The third-order valence-electron chi connectivity index (χ3n) is 10.0. The maximum absolute atomic E-state index is 3.79. The Hall–Kier alpha value is -1.97. The van der Waals surface area contributed by atoms with Crippen LogP contribution in [0.15, 0.2) is 108 Å². The Kier molecular flexibility index (Phi) is 11.3. The molecule has 0 amide bonds. The molecule has 6 rings (SSSR count). The van der Waals surface area contributed by atoms with Gasteiger partial charge in [0.2, 0.25) is 0 Å². The maximum Gasteiger partial charge on any atom is -0.147 e. The summed E-state index contributed by atoms with van der Waals surface area (Å²) in [6.45, 7) is 7.19. The van der Waals surface area contributed by atoms with E-state index in [0.29, 0.717) is 7.35 Å². The van der Waals surface area contributed by atoms with Gasteiger partial charge in [-0.05, 0) is 0 Å². The van der Waals surface area contributed by atoms with Crippen molar-refractivity contribution in [1.29, 1.82) is 0 Å². The molecule has 0 N–H and O–H groups in total. The molecule has 0 saturated heterocycles. The van der Waals surface area contributed by atoms with Gasteiger partial charge in [-0.3, -0.25) is 0 Å². The number of benzene rings is 4. The van der Waals surface area contributed by atoms with Crippen LogP contribution in [0.5, 0.6) is 0 Å². The van der Waals surface area contributed by atoms with Gasteiger partial charge < -0.3 is 0 Å². The largest absolute Gasteiger partial charge is 0.147 e. The number of fused-ring (bicyclic) bond motifs is 2. The first-order valence-corrected chi connectivity index (χ1v) is 35.8. The van der Waals surface area contributed by atoms with E-state index in [9.17, 15) is 0 Å². The summed E-state index contributed by atoms with van der Waals surface area (Å²) < 4.78 is 6.79. The minimum Gasteiger partial charge on any atom is -0.147 e. The Morgan fingerprint density at radius 1 is 0.545 bits per heavy atom. The SMILES string of the molecule is CCCCC1=Cc2c(-c3ccccc3)cccc2[CH]1[Hf]([CH3])([CH3])(=[SiH2])[CH]1C(CCCC)=Cc2c(-c3ccccc3)cccc21.Cl.Cl. The summed E-state index contributed by atoms with van der Waals surface area (Å²) in [5.74, 6) is 0. The Labute approximate surface area is 280 Å². The average Bonchev–Trinajstić information content (AvgIpc) is 3.59. The average molecular weight is 806 g/mol. The van der Waals surface area contributed by atoms with Crippen LogP contribution in [-0.2, 0) is 17.1 Å². The van der Waals surface area contributed by atoms with Gasteiger partial charge in [-0.2, -0.15) is 0 Å². The molecule has 230 valence electrons. The van der Waals surface area contributed by atoms with E-state index < -0.39 is 17.1 Å². The number of allylic oxidation sites excluding steroid dienone is 2. The molecule has 4 heteroatoms. The summed E-state index contributed by atoms with van der Waals surface area (Å²) in [6.07, 6.45) is 12.7. The van der Waals surface area contributed by atoms with Crippen LogP contribution in [0.2, 0.25) is 9.36 Å². The molecule has 0 aliphatic heterocycles. The number of unbranched alkanes of at least 4 members (excludes halogenated alkanes) is 2. The number of halogens is 2. The Morgan fingerprint density at radius 3 is 1.30 bits per heavy atom. The van der Waals surface area contributed by atoms with Crippen molar-refractivity contribution < 1.29 is 17.1 Å². The van der Waals surface area contributed by atoms with Crippen molar-refractivity contribution in [3.8, 4) is 22.3 Å². The van der Waals surface area contributed by atoms with E-state index in [1.807, 2.05) is 0 Å². The van der Waals surface area contributed by atoms with Gasteiger partial charge >= 0.3 is 258 Å². The number of hydrogen-bond donors (Lipinski definition) is 0. The molecule has 0 nitrogen and oxygen atoms in total. The van der Waals surface area contributed by atoms with Crippen LogP contribution >= 0.6 is 24.8 Å². The fraction of sp³-hybridized carbons (Fsp3) is 0.300. The van der Waals surface area contributed by atoms with Crippen LogP contribution in [0.1, 0.15) is 82.0 Å². The standard InChI is InChI=1S/2C19H19.2CH3.2ClH.Hf.H2Si/c2*1-2-3-8-15-13-17-11-7-12-18(19(17)14-15)16-9-5-4-6-10-16;;;;;;/h2*4-7,9-14H,2-3,8H2,1H3;2*1H3;2*1H;;1H2. The Balaban J connectivity index is 0.00000221. The molecule has 2 aliphatic rings. The molecule has 0 aromatic heterocycles. The van der Waals surface area contributed by atoms with E-state index in [2.05, 4.69) is 139 Å². The second kappa shape index (κ2) is 14.2. The summed E-state index contributed by atoms with van der Waals surface area (Å²) >= 11 is -3.79. The second-order valence-electron chi connectivity index (χ2n) is 13.8. The van der Waals surface area contributed by atoms with Gasteiger partial charge in [-0.15, -0.1) is 24.8 Å². The smallest absolute Gasteiger partial charge is 0.147 e. The molecule has 0 heterocycles. The molecule has 0 spiro atoms. The van der Waals surface area contributed by atoms with E-state index in [1.165, 1.54) is 71.9 Å².